The lowest BCUT2D eigenvalue weighted by molar-refractivity contribution is 0.0951. The average molecular weight is 268 g/mol. The topological polar surface area (TPSA) is 38.3 Å². The molecule has 1 aromatic carbocycles. The van der Waals surface area contributed by atoms with Gasteiger partial charge in [-0.1, -0.05) is 11.6 Å². The summed E-state index contributed by atoms with van der Waals surface area (Å²) < 4.78 is 5.42. The number of hydrogen-bond acceptors (Lipinski definition) is 3. The number of halogens is 1. The maximum Gasteiger partial charge on any atom is 0.180 e. The molecule has 0 spiro atoms. The highest BCUT2D eigenvalue weighted by Gasteiger charge is 2.25. The van der Waals surface area contributed by atoms with Crippen molar-refractivity contribution < 1.29 is 9.53 Å². The zero-order valence-electron chi connectivity index (χ0n) is 10.8. The van der Waals surface area contributed by atoms with Crippen LogP contribution in [0.25, 0.3) is 0 Å². The highest BCUT2D eigenvalue weighted by atomic mass is 35.5. The Kier molecular flexibility index (Phi) is 4.25. The minimum atomic E-state index is -0.0577. The molecule has 1 aliphatic heterocycles. The third-order valence-electron chi connectivity index (χ3n) is 3.22. The molecule has 1 unspecified atom stereocenters. The Bertz CT molecular complexity index is 453. The minimum absolute atomic E-state index is 0.0577. The number of aryl methyl sites for hydroxylation is 1. The molecule has 18 heavy (non-hydrogen) atoms. The van der Waals surface area contributed by atoms with Crippen LogP contribution in [0.2, 0.25) is 5.02 Å². The Morgan fingerprint density at radius 3 is 2.94 bits per heavy atom. The van der Waals surface area contributed by atoms with E-state index in [0.29, 0.717) is 22.9 Å². The SMILES string of the molecule is CCOc1cc(C)c(C(=O)C2CCCN2)cc1Cl. The Morgan fingerprint density at radius 1 is 1.56 bits per heavy atom. The van der Waals surface area contributed by atoms with Crippen LogP contribution in [0, 0.1) is 6.92 Å². The normalized spacial score (nSPS) is 18.9. The van der Waals surface area contributed by atoms with Crippen LogP contribution in [-0.2, 0) is 0 Å². The van der Waals surface area contributed by atoms with Crippen molar-refractivity contribution in [2.24, 2.45) is 0 Å². The van der Waals surface area contributed by atoms with E-state index in [2.05, 4.69) is 5.32 Å². The van der Waals surface area contributed by atoms with E-state index in [1.807, 2.05) is 19.9 Å². The summed E-state index contributed by atoms with van der Waals surface area (Å²) in [6.45, 7) is 5.31. The Morgan fingerprint density at radius 2 is 2.33 bits per heavy atom. The molecule has 0 aromatic heterocycles. The molecule has 0 aliphatic carbocycles. The Balaban J connectivity index is 2.27. The summed E-state index contributed by atoms with van der Waals surface area (Å²) >= 11 is 6.13. The number of benzene rings is 1. The van der Waals surface area contributed by atoms with E-state index in [9.17, 15) is 4.79 Å². The first-order chi connectivity index (χ1) is 8.63. The van der Waals surface area contributed by atoms with Crippen LogP contribution in [0.3, 0.4) is 0 Å². The molecule has 1 aromatic rings. The second-order valence-electron chi connectivity index (χ2n) is 4.54. The van der Waals surface area contributed by atoms with Crippen LogP contribution in [0.5, 0.6) is 5.75 Å². The molecule has 0 bridgehead atoms. The standard InChI is InChI=1S/C14H18ClNO2/c1-3-18-13-7-9(2)10(8-11(13)15)14(17)12-5-4-6-16-12/h7-8,12,16H,3-6H2,1-2H3. The second kappa shape index (κ2) is 5.72. The van der Waals surface area contributed by atoms with Crippen molar-refractivity contribution in [2.45, 2.75) is 32.7 Å². The van der Waals surface area contributed by atoms with Gasteiger partial charge in [-0.3, -0.25) is 4.79 Å². The van der Waals surface area contributed by atoms with Crippen LogP contribution in [0.1, 0.15) is 35.7 Å². The molecule has 2 rings (SSSR count). The second-order valence-corrected chi connectivity index (χ2v) is 4.95. The van der Waals surface area contributed by atoms with E-state index in [4.69, 9.17) is 16.3 Å². The van der Waals surface area contributed by atoms with Crippen LogP contribution in [0.15, 0.2) is 12.1 Å². The number of Topliss-reactive ketones (excluding diaryl/α,β-unsaturated/α-hetero) is 1. The van der Waals surface area contributed by atoms with E-state index in [1.54, 1.807) is 6.07 Å². The molecule has 3 nitrogen and oxygen atoms in total. The fourth-order valence-electron chi connectivity index (χ4n) is 2.28. The third kappa shape index (κ3) is 2.68. The van der Waals surface area contributed by atoms with Crippen LogP contribution in [-0.4, -0.2) is 25.0 Å². The largest absolute Gasteiger partial charge is 0.492 e. The van der Waals surface area contributed by atoms with Crippen molar-refractivity contribution >= 4 is 17.4 Å². The van der Waals surface area contributed by atoms with Gasteiger partial charge >= 0.3 is 0 Å². The predicted molar refractivity (Wildman–Crippen MR) is 72.7 cm³/mol. The molecule has 1 N–H and O–H groups in total. The number of nitrogens with one attached hydrogen (secondary N) is 1. The van der Waals surface area contributed by atoms with Gasteiger partial charge in [0.05, 0.1) is 17.7 Å². The highest BCUT2D eigenvalue weighted by molar-refractivity contribution is 6.32. The van der Waals surface area contributed by atoms with Gasteiger partial charge in [0, 0.05) is 5.56 Å². The summed E-state index contributed by atoms with van der Waals surface area (Å²) in [6.07, 6.45) is 1.96. The molecule has 1 aliphatic rings. The fourth-order valence-corrected chi connectivity index (χ4v) is 2.50. The number of ketones is 1. The Hall–Kier alpha value is -1.06. The van der Waals surface area contributed by atoms with E-state index in [-0.39, 0.29) is 11.8 Å². The van der Waals surface area contributed by atoms with Gasteiger partial charge < -0.3 is 10.1 Å². The summed E-state index contributed by atoms with van der Waals surface area (Å²) in [6, 6.07) is 3.51. The first-order valence-corrected chi connectivity index (χ1v) is 6.71. The smallest absolute Gasteiger partial charge is 0.180 e. The van der Waals surface area contributed by atoms with Crippen LogP contribution in [0.4, 0.5) is 0 Å². The summed E-state index contributed by atoms with van der Waals surface area (Å²) in [5.41, 5.74) is 1.62. The van der Waals surface area contributed by atoms with Crippen molar-refractivity contribution in [1.82, 2.24) is 5.32 Å². The molecule has 1 saturated heterocycles. The van der Waals surface area contributed by atoms with Gasteiger partial charge in [-0.25, -0.2) is 0 Å². The quantitative estimate of drug-likeness (QED) is 0.853. The van der Waals surface area contributed by atoms with Gasteiger partial charge in [0.1, 0.15) is 5.75 Å². The van der Waals surface area contributed by atoms with Gasteiger partial charge in [-0.05, 0) is 50.9 Å². The molecule has 0 amide bonds. The van der Waals surface area contributed by atoms with Gasteiger partial charge in [-0.2, -0.15) is 0 Å². The lowest BCUT2D eigenvalue weighted by atomic mass is 9.98. The molecule has 0 saturated carbocycles. The maximum absolute atomic E-state index is 12.3. The number of carbonyl (C=O) groups excluding carboxylic acids is 1. The average Bonchev–Trinajstić information content (AvgIpc) is 2.86. The van der Waals surface area contributed by atoms with Crippen molar-refractivity contribution in [3.8, 4) is 5.75 Å². The zero-order valence-corrected chi connectivity index (χ0v) is 11.5. The molecule has 1 fully saturated rings. The van der Waals surface area contributed by atoms with Crippen molar-refractivity contribution in [1.29, 1.82) is 0 Å². The molecule has 4 heteroatoms. The molecular weight excluding hydrogens is 250 g/mol. The van der Waals surface area contributed by atoms with Gasteiger partial charge in [0.25, 0.3) is 0 Å². The number of carbonyl (C=O) groups is 1. The summed E-state index contributed by atoms with van der Waals surface area (Å²) in [5.74, 6) is 0.780. The lowest BCUT2D eigenvalue weighted by Crippen LogP contribution is -2.31. The monoisotopic (exact) mass is 267 g/mol. The van der Waals surface area contributed by atoms with Gasteiger partial charge in [-0.15, -0.1) is 0 Å². The number of ether oxygens (including phenoxy) is 1. The van der Waals surface area contributed by atoms with Crippen molar-refractivity contribution in [2.75, 3.05) is 13.2 Å². The first kappa shape index (κ1) is 13.4. The van der Waals surface area contributed by atoms with Crippen molar-refractivity contribution in [3.63, 3.8) is 0 Å². The predicted octanol–water partition coefficient (Wildman–Crippen LogP) is 2.98. The lowest BCUT2D eigenvalue weighted by Gasteiger charge is -2.14. The molecule has 0 radical (unpaired) electrons. The van der Waals surface area contributed by atoms with Gasteiger partial charge in [0.2, 0.25) is 0 Å². The number of hydrogen-bond donors (Lipinski definition) is 1. The van der Waals surface area contributed by atoms with Crippen LogP contribution < -0.4 is 10.1 Å². The molecule has 1 heterocycles. The molecule has 98 valence electrons. The maximum atomic E-state index is 12.3. The van der Waals surface area contributed by atoms with E-state index < -0.39 is 0 Å². The summed E-state index contributed by atoms with van der Waals surface area (Å²) in [4.78, 5) is 12.3. The summed E-state index contributed by atoms with van der Waals surface area (Å²) in [5, 5.41) is 3.72. The highest BCUT2D eigenvalue weighted by Crippen LogP contribution is 2.29. The fraction of sp³-hybridized carbons (Fsp3) is 0.500. The van der Waals surface area contributed by atoms with E-state index >= 15 is 0 Å². The summed E-state index contributed by atoms with van der Waals surface area (Å²) in [7, 11) is 0. The first-order valence-electron chi connectivity index (χ1n) is 6.34. The Labute approximate surface area is 112 Å². The third-order valence-corrected chi connectivity index (χ3v) is 3.52. The van der Waals surface area contributed by atoms with Crippen molar-refractivity contribution in [3.05, 3.63) is 28.3 Å². The van der Waals surface area contributed by atoms with E-state index in [1.165, 1.54) is 0 Å². The zero-order chi connectivity index (χ0) is 13.1. The van der Waals surface area contributed by atoms with Crippen LogP contribution >= 0.6 is 11.6 Å². The molecular formula is C14H18ClNO2. The minimum Gasteiger partial charge on any atom is -0.492 e. The van der Waals surface area contributed by atoms with E-state index in [0.717, 1.165) is 24.9 Å². The number of rotatable bonds is 4. The van der Waals surface area contributed by atoms with Gasteiger partial charge in [0.15, 0.2) is 5.78 Å². The molecule has 1 atom stereocenters.